The van der Waals surface area contributed by atoms with Gasteiger partial charge in [-0.05, 0) is 6.42 Å². The van der Waals surface area contributed by atoms with Crippen LogP contribution in [0.15, 0.2) is 6.20 Å². The van der Waals surface area contributed by atoms with Crippen molar-refractivity contribution in [2.24, 2.45) is 0 Å². The molecule has 15 heavy (non-hydrogen) atoms. The molecule has 1 aromatic heterocycles. The van der Waals surface area contributed by atoms with E-state index in [9.17, 15) is 4.79 Å². The molecule has 0 aromatic carbocycles. The summed E-state index contributed by atoms with van der Waals surface area (Å²) in [4.78, 5) is 11.7. The smallest absolute Gasteiger partial charge is 0.256 e. The van der Waals surface area contributed by atoms with Crippen LogP contribution in [-0.2, 0) is 0 Å². The van der Waals surface area contributed by atoms with Gasteiger partial charge >= 0.3 is 0 Å². The molecular formula is C10H14N4O. The number of carbonyl (C=O) groups excluding carboxylic acids is 1. The molecule has 80 valence electrons. The van der Waals surface area contributed by atoms with Crippen LogP contribution in [0.5, 0.6) is 0 Å². The van der Waals surface area contributed by atoms with Gasteiger partial charge in [0.05, 0.1) is 6.20 Å². The third-order valence-electron chi connectivity index (χ3n) is 2.11. The maximum absolute atomic E-state index is 11.7. The van der Waals surface area contributed by atoms with Crippen molar-refractivity contribution in [2.75, 3.05) is 5.73 Å². The summed E-state index contributed by atoms with van der Waals surface area (Å²) in [5.74, 6) is 2.53. The Labute approximate surface area is 88.4 Å². The predicted octanol–water partition coefficient (Wildman–Crippen LogP) is 0.524. The monoisotopic (exact) mass is 206 g/mol. The first-order valence-corrected chi connectivity index (χ1v) is 4.72. The van der Waals surface area contributed by atoms with Gasteiger partial charge in [0.2, 0.25) is 0 Å². The van der Waals surface area contributed by atoms with Crippen LogP contribution in [0, 0.1) is 12.3 Å². The maximum Gasteiger partial charge on any atom is 0.256 e. The first-order valence-electron chi connectivity index (χ1n) is 4.72. The molecule has 0 aliphatic rings. The Bertz CT molecular complexity index is 377. The molecule has 5 heteroatoms. The third kappa shape index (κ3) is 2.74. The summed E-state index contributed by atoms with van der Waals surface area (Å²) in [7, 11) is 0. The first kappa shape index (κ1) is 11.1. The molecule has 0 fully saturated rings. The topological polar surface area (TPSA) is 83.8 Å². The van der Waals surface area contributed by atoms with Crippen molar-refractivity contribution < 1.29 is 4.79 Å². The lowest BCUT2D eigenvalue weighted by molar-refractivity contribution is 0.0937. The second kappa shape index (κ2) is 5.05. The van der Waals surface area contributed by atoms with Crippen LogP contribution in [0.3, 0.4) is 0 Å². The van der Waals surface area contributed by atoms with Crippen LogP contribution >= 0.6 is 0 Å². The second-order valence-electron chi connectivity index (χ2n) is 3.18. The predicted molar refractivity (Wildman–Crippen MR) is 58.0 cm³/mol. The summed E-state index contributed by atoms with van der Waals surface area (Å²) < 4.78 is 0. The Hall–Kier alpha value is -1.96. The third-order valence-corrected chi connectivity index (χ3v) is 2.11. The van der Waals surface area contributed by atoms with E-state index in [2.05, 4.69) is 21.4 Å². The summed E-state index contributed by atoms with van der Waals surface area (Å²) in [6.07, 6.45) is 7.88. The molecule has 0 aliphatic heterocycles. The van der Waals surface area contributed by atoms with Gasteiger partial charge in [-0.25, -0.2) is 0 Å². The van der Waals surface area contributed by atoms with Crippen LogP contribution in [0.2, 0.25) is 0 Å². The molecule has 1 rings (SSSR count). The minimum Gasteiger partial charge on any atom is -0.383 e. The number of nitrogen functional groups attached to an aromatic ring is 1. The standard InChI is InChI=1S/C10H14N4O/c1-3-5-7(4-2)13-10(15)8-6-12-14-9(8)11/h1,6-7H,4-5H2,2H3,(H,13,15)(H3,11,12,14). The molecule has 0 saturated heterocycles. The van der Waals surface area contributed by atoms with Crippen LogP contribution < -0.4 is 11.1 Å². The summed E-state index contributed by atoms with van der Waals surface area (Å²) in [6.45, 7) is 1.96. The first-order chi connectivity index (χ1) is 7.19. The van der Waals surface area contributed by atoms with Gasteiger partial charge in [-0.15, -0.1) is 12.3 Å². The molecule has 0 saturated carbocycles. The van der Waals surface area contributed by atoms with Crippen molar-refractivity contribution in [1.29, 1.82) is 0 Å². The number of H-pyrrole nitrogens is 1. The minimum absolute atomic E-state index is 0.0169. The van der Waals surface area contributed by atoms with E-state index >= 15 is 0 Å². The summed E-state index contributed by atoms with van der Waals surface area (Å²) >= 11 is 0. The lowest BCUT2D eigenvalue weighted by Gasteiger charge is -2.13. The molecule has 1 atom stereocenters. The Morgan fingerprint density at radius 3 is 3.07 bits per heavy atom. The van der Waals surface area contributed by atoms with Gasteiger partial charge in [0.25, 0.3) is 5.91 Å². The molecule has 1 heterocycles. The fraction of sp³-hybridized carbons (Fsp3) is 0.400. The lowest BCUT2D eigenvalue weighted by atomic mass is 10.1. The number of aromatic nitrogens is 2. The van der Waals surface area contributed by atoms with E-state index in [1.54, 1.807) is 0 Å². The molecular weight excluding hydrogens is 192 g/mol. The van der Waals surface area contributed by atoms with Crippen LogP contribution in [0.4, 0.5) is 5.82 Å². The normalized spacial score (nSPS) is 11.7. The van der Waals surface area contributed by atoms with Gasteiger partial charge in [-0.2, -0.15) is 5.10 Å². The molecule has 1 amide bonds. The summed E-state index contributed by atoms with van der Waals surface area (Å²) in [5.41, 5.74) is 5.87. The number of nitrogens with zero attached hydrogens (tertiary/aromatic N) is 1. The van der Waals surface area contributed by atoms with Crippen molar-refractivity contribution in [3.63, 3.8) is 0 Å². The van der Waals surface area contributed by atoms with Crippen LogP contribution in [-0.4, -0.2) is 22.1 Å². The average molecular weight is 206 g/mol. The zero-order chi connectivity index (χ0) is 11.3. The fourth-order valence-electron chi connectivity index (χ4n) is 1.18. The number of terminal acetylenes is 1. The number of hydrogen-bond donors (Lipinski definition) is 3. The van der Waals surface area contributed by atoms with Gasteiger partial charge in [-0.3, -0.25) is 9.89 Å². The van der Waals surface area contributed by atoms with Crippen molar-refractivity contribution >= 4 is 11.7 Å². The lowest BCUT2D eigenvalue weighted by Crippen LogP contribution is -2.34. The van der Waals surface area contributed by atoms with E-state index < -0.39 is 0 Å². The Balaban J connectivity index is 2.63. The molecule has 0 spiro atoms. The molecule has 4 N–H and O–H groups in total. The number of rotatable bonds is 4. The number of hydrogen-bond acceptors (Lipinski definition) is 3. The number of carbonyl (C=O) groups is 1. The summed E-state index contributed by atoms with van der Waals surface area (Å²) in [6, 6.07) is -0.0169. The van der Waals surface area contributed by atoms with Gasteiger partial charge in [0.15, 0.2) is 0 Å². The Kier molecular flexibility index (Phi) is 3.75. The highest BCUT2D eigenvalue weighted by Crippen LogP contribution is 2.07. The quantitative estimate of drug-likeness (QED) is 0.628. The zero-order valence-electron chi connectivity index (χ0n) is 8.58. The Morgan fingerprint density at radius 1 is 1.87 bits per heavy atom. The largest absolute Gasteiger partial charge is 0.383 e. The Morgan fingerprint density at radius 2 is 2.60 bits per heavy atom. The van der Waals surface area contributed by atoms with Gasteiger partial charge < -0.3 is 11.1 Å². The molecule has 0 radical (unpaired) electrons. The van der Waals surface area contributed by atoms with E-state index in [1.165, 1.54) is 6.20 Å². The van der Waals surface area contributed by atoms with Crippen LogP contribution in [0.1, 0.15) is 30.1 Å². The molecule has 1 aromatic rings. The molecule has 0 bridgehead atoms. The summed E-state index contributed by atoms with van der Waals surface area (Å²) in [5, 5.41) is 8.96. The van der Waals surface area contributed by atoms with Crippen molar-refractivity contribution in [3.05, 3.63) is 11.8 Å². The number of nitrogens with one attached hydrogen (secondary N) is 2. The van der Waals surface area contributed by atoms with Crippen molar-refractivity contribution in [3.8, 4) is 12.3 Å². The number of aromatic amines is 1. The fourth-order valence-corrected chi connectivity index (χ4v) is 1.18. The molecule has 5 nitrogen and oxygen atoms in total. The van der Waals surface area contributed by atoms with E-state index in [0.29, 0.717) is 12.0 Å². The minimum atomic E-state index is -0.247. The van der Waals surface area contributed by atoms with Crippen molar-refractivity contribution in [2.45, 2.75) is 25.8 Å². The number of anilines is 1. The highest BCUT2D eigenvalue weighted by Gasteiger charge is 2.14. The number of nitrogens with two attached hydrogens (primary N) is 1. The van der Waals surface area contributed by atoms with Gasteiger partial charge in [-0.1, -0.05) is 6.92 Å². The van der Waals surface area contributed by atoms with Crippen molar-refractivity contribution in [1.82, 2.24) is 15.5 Å². The van der Waals surface area contributed by atoms with E-state index in [-0.39, 0.29) is 17.8 Å². The maximum atomic E-state index is 11.7. The van der Waals surface area contributed by atoms with Gasteiger partial charge in [0, 0.05) is 12.5 Å². The van der Waals surface area contributed by atoms with E-state index in [1.807, 2.05) is 6.92 Å². The molecule has 0 aliphatic carbocycles. The number of amides is 1. The average Bonchev–Trinajstić information content (AvgIpc) is 2.63. The second-order valence-corrected chi connectivity index (χ2v) is 3.18. The van der Waals surface area contributed by atoms with Gasteiger partial charge in [0.1, 0.15) is 11.4 Å². The van der Waals surface area contributed by atoms with Crippen LogP contribution in [0.25, 0.3) is 0 Å². The van der Waals surface area contributed by atoms with E-state index in [0.717, 1.165) is 6.42 Å². The van der Waals surface area contributed by atoms with E-state index in [4.69, 9.17) is 12.2 Å². The molecule has 1 unspecified atom stereocenters. The highest BCUT2D eigenvalue weighted by molar-refractivity contribution is 5.98. The zero-order valence-corrected chi connectivity index (χ0v) is 8.58. The SMILES string of the molecule is C#CCC(CC)NC(=O)c1cn[nH]c1N. The highest BCUT2D eigenvalue weighted by atomic mass is 16.1.